The Bertz CT molecular complexity index is 636. The fourth-order valence-electron chi connectivity index (χ4n) is 2.50. The second-order valence-corrected chi connectivity index (χ2v) is 5.20. The number of para-hydroxylation sites is 1. The van der Waals surface area contributed by atoms with E-state index in [0.717, 1.165) is 30.9 Å². The number of hydrogen-bond acceptors (Lipinski definition) is 4. The van der Waals surface area contributed by atoms with Crippen LogP contribution < -0.4 is 10.6 Å². The normalized spacial score (nSPS) is 17.7. The second kappa shape index (κ2) is 6.01. The highest BCUT2D eigenvalue weighted by atomic mass is 16.1. The summed E-state index contributed by atoms with van der Waals surface area (Å²) in [6.45, 7) is 2.85. The minimum atomic E-state index is -0.176. The zero-order valence-electron chi connectivity index (χ0n) is 12.0. The minimum absolute atomic E-state index is 0.176. The lowest BCUT2D eigenvalue weighted by Crippen LogP contribution is -2.19. The molecule has 1 aliphatic heterocycles. The first-order chi connectivity index (χ1) is 10.2. The molecule has 21 heavy (non-hydrogen) atoms. The van der Waals surface area contributed by atoms with Gasteiger partial charge in [-0.25, -0.2) is 9.97 Å². The van der Waals surface area contributed by atoms with Gasteiger partial charge in [0.15, 0.2) is 0 Å². The number of nitrogens with one attached hydrogen (secondary N) is 2. The molecule has 5 nitrogen and oxygen atoms in total. The van der Waals surface area contributed by atoms with Crippen LogP contribution in [0, 0.1) is 6.92 Å². The molecular formula is C16H18N4O. The molecule has 2 heterocycles. The van der Waals surface area contributed by atoms with Crippen molar-refractivity contribution >= 4 is 11.6 Å². The van der Waals surface area contributed by atoms with Crippen LogP contribution in [0.1, 0.15) is 40.8 Å². The number of aryl methyl sites for hydroxylation is 1. The van der Waals surface area contributed by atoms with Gasteiger partial charge in [-0.15, -0.1) is 0 Å². The van der Waals surface area contributed by atoms with Gasteiger partial charge in [-0.05, 0) is 38.4 Å². The smallest absolute Gasteiger partial charge is 0.259 e. The predicted molar refractivity (Wildman–Crippen MR) is 81.1 cm³/mol. The molecule has 0 aliphatic carbocycles. The molecule has 1 unspecified atom stereocenters. The number of aromatic nitrogens is 2. The summed E-state index contributed by atoms with van der Waals surface area (Å²) in [5, 5.41) is 6.22. The average Bonchev–Trinajstić information content (AvgIpc) is 3.02. The number of hydrogen-bond donors (Lipinski definition) is 2. The van der Waals surface area contributed by atoms with Crippen LogP contribution in [0.2, 0.25) is 0 Å². The number of rotatable bonds is 3. The third-order valence-corrected chi connectivity index (χ3v) is 3.65. The van der Waals surface area contributed by atoms with E-state index in [4.69, 9.17) is 0 Å². The molecule has 1 aliphatic rings. The van der Waals surface area contributed by atoms with Gasteiger partial charge in [0.2, 0.25) is 0 Å². The molecule has 1 aromatic carbocycles. The van der Waals surface area contributed by atoms with E-state index in [2.05, 4.69) is 20.6 Å². The molecule has 2 aromatic rings. The molecule has 1 atom stereocenters. The number of carbonyl (C=O) groups is 1. The van der Waals surface area contributed by atoms with E-state index in [9.17, 15) is 4.79 Å². The van der Waals surface area contributed by atoms with Crippen LogP contribution in [0.5, 0.6) is 0 Å². The summed E-state index contributed by atoms with van der Waals surface area (Å²) in [7, 11) is 0. The van der Waals surface area contributed by atoms with Crippen LogP contribution in [-0.2, 0) is 0 Å². The lowest BCUT2D eigenvalue weighted by molar-refractivity contribution is 0.102. The minimum Gasteiger partial charge on any atom is -0.322 e. The van der Waals surface area contributed by atoms with Gasteiger partial charge in [-0.3, -0.25) is 4.79 Å². The van der Waals surface area contributed by atoms with E-state index < -0.39 is 0 Å². The highest BCUT2D eigenvalue weighted by molar-refractivity contribution is 6.04. The average molecular weight is 282 g/mol. The van der Waals surface area contributed by atoms with Crippen LogP contribution >= 0.6 is 0 Å². The van der Waals surface area contributed by atoms with Crippen molar-refractivity contribution in [2.75, 3.05) is 11.9 Å². The Kier molecular flexibility index (Phi) is 3.92. The van der Waals surface area contributed by atoms with Crippen LogP contribution in [-0.4, -0.2) is 22.4 Å². The van der Waals surface area contributed by atoms with E-state index in [1.807, 2.05) is 37.3 Å². The van der Waals surface area contributed by atoms with Crippen molar-refractivity contribution in [2.24, 2.45) is 0 Å². The Morgan fingerprint density at radius 3 is 2.81 bits per heavy atom. The Morgan fingerprint density at radius 1 is 1.33 bits per heavy atom. The maximum atomic E-state index is 12.3. The van der Waals surface area contributed by atoms with Crippen molar-refractivity contribution in [1.29, 1.82) is 0 Å². The Hall–Kier alpha value is -2.27. The molecule has 1 aromatic heterocycles. The van der Waals surface area contributed by atoms with Gasteiger partial charge < -0.3 is 10.6 Å². The lowest BCUT2D eigenvalue weighted by atomic mass is 10.2. The molecule has 0 spiro atoms. The molecule has 108 valence electrons. The van der Waals surface area contributed by atoms with Gasteiger partial charge >= 0.3 is 0 Å². The van der Waals surface area contributed by atoms with Crippen LogP contribution in [0.4, 0.5) is 5.69 Å². The fourth-order valence-corrected chi connectivity index (χ4v) is 2.50. The fraction of sp³-hybridized carbons (Fsp3) is 0.312. The Balaban J connectivity index is 1.77. The lowest BCUT2D eigenvalue weighted by Gasteiger charge is -2.11. The topological polar surface area (TPSA) is 66.9 Å². The zero-order chi connectivity index (χ0) is 14.7. The van der Waals surface area contributed by atoms with Gasteiger partial charge in [0.1, 0.15) is 5.82 Å². The van der Waals surface area contributed by atoms with E-state index in [-0.39, 0.29) is 11.9 Å². The molecule has 2 N–H and O–H groups in total. The van der Waals surface area contributed by atoms with Gasteiger partial charge in [-0.1, -0.05) is 18.2 Å². The van der Waals surface area contributed by atoms with E-state index in [1.165, 1.54) is 0 Å². The summed E-state index contributed by atoms with van der Waals surface area (Å²) in [4.78, 5) is 21.1. The SMILES string of the molecule is Cc1nc(C2CCCN2)ncc1C(=O)Nc1ccccc1. The molecule has 0 radical (unpaired) electrons. The Labute approximate surface area is 123 Å². The number of carbonyl (C=O) groups excluding carboxylic acids is 1. The van der Waals surface area contributed by atoms with E-state index in [0.29, 0.717) is 11.3 Å². The monoisotopic (exact) mass is 282 g/mol. The highest BCUT2D eigenvalue weighted by Gasteiger charge is 2.20. The van der Waals surface area contributed by atoms with E-state index >= 15 is 0 Å². The molecule has 1 saturated heterocycles. The molecule has 0 saturated carbocycles. The summed E-state index contributed by atoms with van der Waals surface area (Å²) in [6.07, 6.45) is 3.81. The Morgan fingerprint density at radius 2 is 2.14 bits per heavy atom. The largest absolute Gasteiger partial charge is 0.322 e. The maximum absolute atomic E-state index is 12.3. The molecule has 3 rings (SSSR count). The summed E-state index contributed by atoms with van der Waals surface area (Å²) < 4.78 is 0. The molecular weight excluding hydrogens is 264 g/mol. The van der Waals surface area contributed by atoms with Crippen LogP contribution in [0.15, 0.2) is 36.5 Å². The summed E-state index contributed by atoms with van der Waals surface area (Å²) >= 11 is 0. The molecule has 0 bridgehead atoms. The molecule has 5 heteroatoms. The highest BCUT2D eigenvalue weighted by Crippen LogP contribution is 2.20. The molecule has 1 fully saturated rings. The van der Waals surface area contributed by atoms with Crippen molar-refractivity contribution in [3.05, 3.63) is 53.6 Å². The van der Waals surface area contributed by atoms with Gasteiger partial charge in [0.25, 0.3) is 5.91 Å². The third kappa shape index (κ3) is 3.08. The first-order valence-electron chi connectivity index (χ1n) is 7.17. The summed E-state index contributed by atoms with van der Waals surface area (Å²) in [6, 6.07) is 9.60. The maximum Gasteiger partial charge on any atom is 0.259 e. The number of amides is 1. The quantitative estimate of drug-likeness (QED) is 0.907. The van der Waals surface area contributed by atoms with Crippen LogP contribution in [0.3, 0.4) is 0 Å². The van der Waals surface area contributed by atoms with Gasteiger partial charge in [0, 0.05) is 11.9 Å². The predicted octanol–water partition coefficient (Wildman–Crippen LogP) is 2.46. The number of benzene rings is 1. The first kappa shape index (κ1) is 13.7. The summed E-state index contributed by atoms with van der Waals surface area (Å²) in [5.41, 5.74) is 1.99. The van der Waals surface area contributed by atoms with E-state index in [1.54, 1.807) is 6.20 Å². The third-order valence-electron chi connectivity index (χ3n) is 3.65. The number of anilines is 1. The van der Waals surface area contributed by atoms with Gasteiger partial charge in [-0.2, -0.15) is 0 Å². The van der Waals surface area contributed by atoms with Crippen molar-refractivity contribution in [1.82, 2.24) is 15.3 Å². The van der Waals surface area contributed by atoms with Crippen molar-refractivity contribution < 1.29 is 4.79 Å². The standard InChI is InChI=1S/C16H18N4O/c1-11-13(16(21)20-12-6-3-2-4-7-12)10-18-15(19-11)14-8-5-9-17-14/h2-4,6-7,10,14,17H,5,8-9H2,1H3,(H,20,21). The van der Waals surface area contributed by atoms with Crippen molar-refractivity contribution in [2.45, 2.75) is 25.8 Å². The second-order valence-electron chi connectivity index (χ2n) is 5.20. The molecule has 1 amide bonds. The number of nitrogens with zero attached hydrogens (tertiary/aromatic N) is 2. The van der Waals surface area contributed by atoms with Crippen LogP contribution in [0.25, 0.3) is 0 Å². The first-order valence-corrected chi connectivity index (χ1v) is 7.17. The van der Waals surface area contributed by atoms with Gasteiger partial charge in [0.05, 0.1) is 17.3 Å². The summed E-state index contributed by atoms with van der Waals surface area (Å²) in [5.74, 6) is 0.603. The zero-order valence-corrected chi connectivity index (χ0v) is 12.0. The van der Waals surface area contributed by atoms with Crippen molar-refractivity contribution in [3.63, 3.8) is 0 Å². The van der Waals surface area contributed by atoms with Crippen molar-refractivity contribution in [3.8, 4) is 0 Å².